The number of hydrogen-bond acceptors (Lipinski definition) is 0. The quantitative estimate of drug-likeness (QED) is 0.0533. The van der Waals surface area contributed by atoms with Gasteiger partial charge in [-0.3, -0.25) is 0 Å². The number of unbranched alkanes of at least 4 members (excludes halogenated alkanes) is 65. The van der Waals surface area contributed by atoms with Crippen LogP contribution in [-0.2, 0) is 0 Å². The van der Waals surface area contributed by atoms with Crippen molar-refractivity contribution in [1.82, 2.24) is 0 Å². The van der Waals surface area contributed by atoms with Gasteiger partial charge in [-0.15, -0.1) is 0 Å². The van der Waals surface area contributed by atoms with E-state index < -0.39 is 0 Å². The highest BCUT2D eigenvalue weighted by atomic mass is 14.0. The highest BCUT2D eigenvalue weighted by molar-refractivity contribution is 4.50. The van der Waals surface area contributed by atoms with E-state index in [2.05, 4.69) is 125 Å². The van der Waals surface area contributed by atoms with Crippen LogP contribution < -0.4 is 0 Å². The maximum atomic E-state index is 2.28. The van der Waals surface area contributed by atoms with Crippen LogP contribution >= 0.6 is 0 Å². The average Bonchev–Trinajstić information content (AvgIpc) is 3.58. The number of rotatable bonds is 65. The van der Waals surface area contributed by atoms with Gasteiger partial charge in [-0.05, 0) is 0 Å². The van der Waals surface area contributed by atoms with E-state index in [1.807, 2.05) is 0 Å². The third-order valence-electron chi connectivity index (χ3n) is 18.1. The molecule has 0 radical (unpaired) electrons. The first-order chi connectivity index (χ1) is 45.2. The van der Waals surface area contributed by atoms with Crippen LogP contribution in [0.1, 0.15) is 600 Å². The molecule has 0 heteroatoms. The molecule has 0 amide bonds. The summed E-state index contributed by atoms with van der Waals surface area (Å²) < 4.78 is 0. The average molecular weight is 1310 g/mol. The lowest BCUT2D eigenvalue weighted by atomic mass is 10.1. The Morgan fingerprint density at radius 2 is 0.0870 bits per heavy atom. The van der Waals surface area contributed by atoms with Crippen LogP contribution in [0.2, 0.25) is 0 Å². The van der Waals surface area contributed by atoms with Gasteiger partial charge in [0.25, 0.3) is 0 Å². The summed E-state index contributed by atoms with van der Waals surface area (Å²) in [5, 5.41) is 0. The van der Waals surface area contributed by atoms with Gasteiger partial charge in [0, 0.05) is 0 Å². The van der Waals surface area contributed by atoms with Crippen LogP contribution in [0.3, 0.4) is 0 Å². The van der Waals surface area contributed by atoms with Crippen LogP contribution in [0.5, 0.6) is 0 Å². The Labute approximate surface area is 596 Å². The lowest BCUT2D eigenvalue weighted by Crippen LogP contribution is -1.80. The van der Waals surface area contributed by atoms with Gasteiger partial charge < -0.3 is 0 Å². The smallest absolute Gasteiger partial charge is 0.0533 e. The molecule has 0 N–H and O–H groups in total. The van der Waals surface area contributed by atoms with Crippen LogP contribution in [0.25, 0.3) is 0 Å². The molecule has 0 atom stereocenters. The third-order valence-corrected chi connectivity index (χ3v) is 18.1. The fraction of sp³-hybridized carbons (Fsp3) is 1.00. The Balaban J connectivity index is -0.000000120. The lowest BCUT2D eigenvalue weighted by Gasteiger charge is -1.99. The highest BCUT2D eigenvalue weighted by Gasteiger charge is 1.95. The van der Waals surface area contributed by atoms with Crippen LogP contribution in [0.4, 0.5) is 0 Å². The van der Waals surface area contributed by atoms with Crippen molar-refractivity contribution in [2.45, 2.75) is 600 Å². The van der Waals surface area contributed by atoms with E-state index in [9.17, 15) is 0 Å². The Morgan fingerprint density at radius 1 is 0.0543 bits per heavy atom. The lowest BCUT2D eigenvalue weighted by molar-refractivity contribution is 0.562. The summed E-state index contributed by atoms with van der Waals surface area (Å²) in [6.45, 7) is 40.9. The molecule has 570 valence electrons. The van der Waals surface area contributed by atoms with Gasteiger partial charge in [0.15, 0.2) is 0 Å². The fourth-order valence-corrected chi connectivity index (χ4v) is 11.2. The van der Waals surface area contributed by atoms with E-state index in [-0.39, 0.29) is 0 Å². The van der Waals surface area contributed by atoms with Crippen molar-refractivity contribution in [3.8, 4) is 0 Å². The summed E-state index contributed by atoms with van der Waals surface area (Å²) in [6, 6.07) is 0. The molecule has 0 aromatic carbocycles. The van der Waals surface area contributed by atoms with E-state index in [0.717, 1.165) is 0 Å². The summed E-state index contributed by atoms with van der Waals surface area (Å²) in [5.41, 5.74) is 0. The fourth-order valence-electron chi connectivity index (χ4n) is 11.2. The predicted molar refractivity (Wildman–Crippen MR) is 444 cm³/mol. The second-order valence-corrected chi connectivity index (χ2v) is 28.8. The zero-order chi connectivity index (χ0) is 70.3. The minimum atomic E-state index is 1.37. The molecule has 0 saturated carbocycles. The monoisotopic (exact) mass is 1310 g/mol. The maximum Gasteiger partial charge on any atom is -0.0533 e. The van der Waals surface area contributed by atoms with E-state index in [1.54, 1.807) is 0 Å². The van der Waals surface area contributed by atoms with Crippen molar-refractivity contribution >= 4 is 0 Å². The summed E-state index contributed by atoms with van der Waals surface area (Å²) in [6.07, 6.45) is 106. The van der Waals surface area contributed by atoms with Crippen molar-refractivity contribution in [3.63, 3.8) is 0 Å². The first kappa shape index (κ1) is 111. The van der Waals surface area contributed by atoms with Crippen LogP contribution in [0.15, 0.2) is 0 Å². The molecule has 0 saturated heterocycles. The molecule has 0 aromatic rings. The topological polar surface area (TPSA) is 0 Å². The summed E-state index contributed by atoms with van der Waals surface area (Å²) in [4.78, 5) is 0. The van der Waals surface area contributed by atoms with Gasteiger partial charge in [0.1, 0.15) is 0 Å². The molecule has 0 aliphatic heterocycles. The Bertz CT molecular complexity index is 653. The van der Waals surface area contributed by atoms with Gasteiger partial charge >= 0.3 is 0 Å². The second-order valence-electron chi connectivity index (χ2n) is 28.8. The normalized spacial score (nSPS) is 10.2. The molecule has 0 aliphatic rings. The molecule has 92 heavy (non-hydrogen) atoms. The molecule has 0 nitrogen and oxygen atoms in total. The first-order valence-corrected chi connectivity index (χ1v) is 45.2. The van der Waals surface area contributed by atoms with Crippen molar-refractivity contribution in [2.24, 2.45) is 0 Å². The Hall–Kier alpha value is 0. The molecule has 0 bridgehead atoms. The zero-order valence-corrected chi connectivity index (χ0v) is 70.3. The predicted octanol–water partition coefficient (Wildman–Crippen LogP) is 38.1. The molecular weight excluding hydrogens is 1110 g/mol. The number of hydrogen-bond donors (Lipinski definition) is 0. The molecule has 0 aliphatic carbocycles. The van der Waals surface area contributed by atoms with Gasteiger partial charge in [0.05, 0.1) is 0 Å². The van der Waals surface area contributed by atoms with Gasteiger partial charge in [-0.1, -0.05) is 600 Å². The molecule has 0 heterocycles. The van der Waals surface area contributed by atoms with E-state index >= 15 is 0 Å². The van der Waals surface area contributed by atoms with E-state index in [4.69, 9.17) is 0 Å². The Kier molecular flexibility index (Phi) is 162. The van der Waals surface area contributed by atoms with Crippen LogP contribution in [0, 0.1) is 0 Å². The maximum absolute atomic E-state index is 2.28. The summed E-state index contributed by atoms with van der Waals surface area (Å²) >= 11 is 0. The van der Waals surface area contributed by atoms with Crippen molar-refractivity contribution in [2.75, 3.05) is 0 Å². The second kappa shape index (κ2) is 135. The minimum absolute atomic E-state index is 1.37. The Morgan fingerprint density at radius 3 is 0.120 bits per heavy atom. The minimum Gasteiger partial charge on any atom is -0.0654 e. The SMILES string of the molecule is CCCCCCCCCC.CCCCCCCCCC.CCCCCCCCCC.CCCCCCCCCC.CCCCCCCCCC.CCCCCCCCCC.CCCCCCCCCC.CCCCCCCCCC.CCCCCCCCCCCC. The largest absolute Gasteiger partial charge is 0.0654 e. The first-order valence-electron chi connectivity index (χ1n) is 45.2. The van der Waals surface area contributed by atoms with Gasteiger partial charge in [0.2, 0.25) is 0 Å². The molecule has 0 aromatic heterocycles. The zero-order valence-electron chi connectivity index (χ0n) is 70.3. The van der Waals surface area contributed by atoms with Crippen molar-refractivity contribution < 1.29 is 0 Å². The molecule has 0 spiro atoms. The van der Waals surface area contributed by atoms with Crippen LogP contribution in [-0.4, -0.2) is 0 Å². The van der Waals surface area contributed by atoms with Gasteiger partial charge in [-0.25, -0.2) is 0 Å². The standard InChI is InChI=1S/C12H26.8C10H22/c1-3-5-7-9-11-12-10-8-6-4-2;8*1-3-5-7-9-10-8-6-4-2/h3-12H2,1-2H3;8*3-10H2,1-2H3. The third kappa shape index (κ3) is 169. The van der Waals surface area contributed by atoms with E-state index in [1.165, 1.54) is 475 Å². The molecule has 0 rings (SSSR count). The molecular formula is C92H202. The van der Waals surface area contributed by atoms with Crippen molar-refractivity contribution in [1.29, 1.82) is 0 Å². The highest BCUT2D eigenvalue weighted by Crippen LogP contribution is 2.15. The molecule has 0 unspecified atom stereocenters. The summed E-state index contributed by atoms with van der Waals surface area (Å²) in [5.74, 6) is 0. The van der Waals surface area contributed by atoms with Gasteiger partial charge in [-0.2, -0.15) is 0 Å². The van der Waals surface area contributed by atoms with Crippen molar-refractivity contribution in [3.05, 3.63) is 0 Å². The summed E-state index contributed by atoms with van der Waals surface area (Å²) in [7, 11) is 0. The molecule has 0 fully saturated rings. The van der Waals surface area contributed by atoms with E-state index in [0.29, 0.717) is 0 Å².